The van der Waals surface area contributed by atoms with Gasteiger partial charge in [-0.05, 0) is 110 Å². The predicted octanol–water partition coefficient (Wildman–Crippen LogP) is 7.54. The molecule has 6 amide bonds. The average molecular weight is 995 g/mol. The molecule has 0 aromatic heterocycles. The summed E-state index contributed by atoms with van der Waals surface area (Å²) in [6.45, 7) is 14.9. The zero-order valence-corrected chi connectivity index (χ0v) is 44.4. The Balaban J connectivity index is 2.02. The number of carbonyl (C=O) groups is 7. The number of hydrogen-bond donors (Lipinski definition) is 4. The van der Waals surface area contributed by atoms with E-state index in [-0.39, 0.29) is 32.4 Å². The van der Waals surface area contributed by atoms with E-state index in [0.29, 0.717) is 53.1 Å². The van der Waals surface area contributed by atoms with Gasteiger partial charge in [0.2, 0.25) is 23.6 Å². The fraction of sp³-hybridized carbons (Fsp3) is 0.642. The van der Waals surface area contributed by atoms with Crippen molar-refractivity contribution in [2.75, 3.05) is 48.0 Å². The number of esters is 1. The fourth-order valence-electron chi connectivity index (χ4n) is 8.14. The van der Waals surface area contributed by atoms with Crippen LogP contribution in [-0.2, 0) is 44.6 Å². The molecule has 1 heterocycles. The van der Waals surface area contributed by atoms with Gasteiger partial charge in [0.25, 0.3) is 0 Å². The molecule has 396 valence electrons. The van der Waals surface area contributed by atoms with Gasteiger partial charge in [-0.1, -0.05) is 64.0 Å². The molecule has 4 atom stereocenters. The van der Waals surface area contributed by atoms with Gasteiger partial charge in [0.15, 0.2) is 0 Å². The van der Waals surface area contributed by atoms with E-state index in [1.807, 2.05) is 0 Å². The molecule has 18 nitrogen and oxygen atoms in total. The zero-order chi connectivity index (χ0) is 52.9. The highest BCUT2D eigenvalue weighted by Gasteiger charge is 2.36. The van der Waals surface area contributed by atoms with E-state index >= 15 is 0 Å². The third-order valence-electron chi connectivity index (χ3n) is 11.8. The van der Waals surface area contributed by atoms with Gasteiger partial charge < -0.3 is 54.8 Å². The van der Waals surface area contributed by atoms with Crippen molar-refractivity contribution in [2.45, 2.75) is 174 Å². The van der Waals surface area contributed by atoms with E-state index in [4.69, 9.17) is 23.7 Å². The maximum Gasteiger partial charge on any atom is 0.410 e. The zero-order valence-electron chi connectivity index (χ0n) is 44.4. The third kappa shape index (κ3) is 19.9. The van der Waals surface area contributed by atoms with E-state index in [2.05, 4.69) is 28.2 Å². The van der Waals surface area contributed by atoms with Crippen LogP contribution in [0.5, 0.6) is 11.5 Å². The Hall–Kier alpha value is -6.07. The second-order valence-corrected chi connectivity index (χ2v) is 20.1. The summed E-state index contributed by atoms with van der Waals surface area (Å²) >= 11 is 0. The lowest BCUT2D eigenvalue weighted by atomic mass is 9.93. The SMILES string of the molecule is CCCCCCCCCCN(CCC(=O)NC(CCCCNC(=O)OC(C)(C)C)C(=O)N(C)C1C(=O)NC(C)C(=O)NC(C(=O)OC)Cc2ccc(OC)c(c2)-c2cc1ccc2OC)C(=O)OC(C)(C)C. The summed E-state index contributed by atoms with van der Waals surface area (Å²) in [7, 11) is 5.66. The molecule has 2 aromatic rings. The first-order valence-corrected chi connectivity index (χ1v) is 25.1. The summed E-state index contributed by atoms with van der Waals surface area (Å²) in [5, 5.41) is 11.0. The molecule has 0 aliphatic carbocycles. The number of nitrogens with zero attached hydrogens (tertiary/aromatic N) is 2. The van der Waals surface area contributed by atoms with Crippen molar-refractivity contribution < 1.29 is 57.2 Å². The molecular weight excluding hydrogens is 913 g/mol. The fourth-order valence-corrected chi connectivity index (χ4v) is 8.14. The van der Waals surface area contributed by atoms with Crippen molar-refractivity contribution in [3.8, 4) is 22.6 Å². The molecule has 2 aromatic carbocycles. The van der Waals surface area contributed by atoms with E-state index in [1.54, 1.807) is 77.9 Å². The average Bonchev–Trinajstić information content (AvgIpc) is 3.30. The van der Waals surface area contributed by atoms with E-state index < -0.39 is 77.2 Å². The third-order valence-corrected chi connectivity index (χ3v) is 11.8. The van der Waals surface area contributed by atoms with Gasteiger partial charge in [-0.25, -0.2) is 14.4 Å². The molecule has 4 bridgehead atoms. The molecule has 71 heavy (non-hydrogen) atoms. The number of benzene rings is 2. The highest BCUT2D eigenvalue weighted by molar-refractivity contribution is 5.96. The minimum atomic E-state index is -1.38. The first-order valence-electron chi connectivity index (χ1n) is 25.1. The van der Waals surface area contributed by atoms with Crippen LogP contribution in [0.2, 0.25) is 0 Å². The van der Waals surface area contributed by atoms with Gasteiger partial charge >= 0.3 is 18.2 Å². The first kappa shape index (κ1) is 59.2. The number of carbonyl (C=O) groups excluding carboxylic acids is 7. The Morgan fingerprint density at radius 2 is 1.35 bits per heavy atom. The summed E-state index contributed by atoms with van der Waals surface area (Å²) in [5.41, 5.74) is 0.599. The van der Waals surface area contributed by atoms with Crippen molar-refractivity contribution in [2.24, 2.45) is 0 Å². The number of fused-ring (bicyclic) bond motifs is 5. The van der Waals surface area contributed by atoms with Crippen LogP contribution < -0.4 is 30.7 Å². The molecule has 18 heteroatoms. The highest BCUT2D eigenvalue weighted by Crippen LogP contribution is 2.40. The maximum atomic E-state index is 15.0. The van der Waals surface area contributed by atoms with Crippen LogP contribution in [0.15, 0.2) is 36.4 Å². The Labute approximate surface area is 421 Å². The minimum Gasteiger partial charge on any atom is -0.496 e. The van der Waals surface area contributed by atoms with Crippen LogP contribution in [0.1, 0.15) is 150 Å². The van der Waals surface area contributed by atoms with Crippen LogP contribution in [0.4, 0.5) is 9.59 Å². The van der Waals surface area contributed by atoms with Crippen LogP contribution >= 0.6 is 0 Å². The van der Waals surface area contributed by atoms with E-state index in [9.17, 15) is 33.6 Å². The summed E-state index contributed by atoms with van der Waals surface area (Å²) in [6.07, 6.45) is 8.25. The summed E-state index contributed by atoms with van der Waals surface area (Å²) in [6, 6.07) is 5.45. The molecule has 0 fully saturated rings. The maximum absolute atomic E-state index is 15.0. The first-order chi connectivity index (χ1) is 33.5. The highest BCUT2D eigenvalue weighted by atomic mass is 16.6. The quantitative estimate of drug-likeness (QED) is 0.0482. The number of alkyl carbamates (subject to hydrolysis) is 1. The lowest BCUT2D eigenvalue weighted by molar-refractivity contribution is -0.145. The van der Waals surface area contributed by atoms with Crippen molar-refractivity contribution >= 4 is 41.8 Å². The van der Waals surface area contributed by atoms with Crippen LogP contribution in [0, 0.1) is 0 Å². The largest absolute Gasteiger partial charge is 0.496 e. The Kier molecular flexibility index (Phi) is 23.9. The van der Waals surface area contributed by atoms with Crippen molar-refractivity contribution in [3.63, 3.8) is 0 Å². The number of ether oxygens (including phenoxy) is 5. The van der Waals surface area contributed by atoms with Crippen LogP contribution in [0.25, 0.3) is 11.1 Å². The molecule has 0 radical (unpaired) electrons. The summed E-state index contributed by atoms with van der Waals surface area (Å²) < 4.78 is 27.7. The van der Waals surface area contributed by atoms with Gasteiger partial charge in [-0.15, -0.1) is 0 Å². The van der Waals surface area contributed by atoms with Crippen LogP contribution in [-0.4, -0.2) is 129 Å². The van der Waals surface area contributed by atoms with Crippen molar-refractivity contribution in [3.05, 3.63) is 47.5 Å². The molecule has 3 rings (SSSR count). The molecular formula is C53H82N6O12. The molecule has 0 saturated carbocycles. The van der Waals surface area contributed by atoms with Gasteiger partial charge in [-0.3, -0.25) is 19.2 Å². The normalized spacial score (nSPS) is 16.5. The minimum absolute atomic E-state index is 0.0366. The molecule has 1 aliphatic rings. The summed E-state index contributed by atoms with van der Waals surface area (Å²) in [4.78, 5) is 98.8. The lowest BCUT2D eigenvalue weighted by Crippen LogP contribution is -2.55. The monoisotopic (exact) mass is 995 g/mol. The van der Waals surface area contributed by atoms with Gasteiger partial charge in [0, 0.05) is 50.7 Å². The summed E-state index contributed by atoms with van der Waals surface area (Å²) in [5.74, 6) is -2.36. The topological polar surface area (TPSA) is 220 Å². The van der Waals surface area contributed by atoms with Crippen LogP contribution in [0.3, 0.4) is 0 Å². The van der Waals surface area contributed by atoms with E-state index in [0.717, 1.165) is 25.7 Å². The second-order valence-electron chi connectivity index (χ2n) is 20.1. The van der Waals surface area contributed by atoms with Crippen molar-refractivity contribution in [1.29, 1.82) is 0 Å². The number of likely N-dealkylation sites (N-methyl/N-ethyl adjacent to an activating group) is 1. The Bertz CT molecular complexity index is 2100. The molecule has 1 aliphatic heterocycles. The lowest BCUT2D eigenvalue weighted by Gasteiger charge is -2.33. The molecule has 4 N–H and O–H groups in total. The smallest absolute Gasteiger partial charge is 0.410 e. The Morgan fingerprint density at radius 1 is 0.746 bits per heavy atom. The predicted molar refractivity (Wildman–Crippen MR) is 271 cm³/mol. The van der Waals surface area contributed by atoms with Crippen molar-refractivity contribution in [1.82, 2.24) is 31.1 Å². The number of amides is 6. The van der Waals surface area contributed by atoms with Gasteiger partial charge in [0.1, 0.15) is 46.9 Å². The number of nitrogens with one attached hydrogen (secondary N) is 4. The Morgan fingerprint density at radius 3 is 1.96 bits per heavy atom. The number of hydrogen-bond acceptors (Lipinski definition) is 12. The second kappa shape index (κ2) is 28.7. The number of methoxy groups -OCH3 is 3. The molecule has 0 spiro atoms. The number of rotatable bonds is 23. The van der Waals surface area contributed by atoms with Gasteiger partial charge in [0.05, 0.1) is 21.3 Å². The van der Waals surface area contributed by atoms with E-state index in [1.165, 1.54) is 70.8 Å². The standard InChI is InChI=1S/C53H82N6O12/c1-13-14-15-16-17-18-19-22-30-59(51(66)71-53(6,7)8)31-28-44(60)56-40(23-20-21-29-54-50(65)70-52(3,4)5)48(63)58(9)45-37-25-27-43(68-11)39(34-37)38-32-36(24-26-42(38)67-10)33-41(49(64)69-12)57-46(61)35(2)55-47(45)62/h24-27,32,34-35,40-41,45H,13-23,28-31,33H2,1-12H3,(H,54,65)(H,55,62)(H,56,60)(H,57,61). The molecule has 4 unspecified atom stereocenters. The molecule has 0 saturated heterocycles. The number of unbranched alkanes of at least 4 members (excludes halogenated alkanes) is 8. The van der Waals surface area contributed by atoms with Gasteiger partial charge in [-0.2, -0.15) is 0 Å².